The summed E-state index contributed by atoms with van der Waals surface area (Å²) in [7, 11) is -3.51. The van der Waals surface area contributed by atoms with Crippen LogP contribution in [0.4, 0.5) is 0 Å². The molecule has 1 saturated carbocycles. The molecule has 0 bridgehead atoms. The van der Waals surface area contributed by atoms with E-state index in [2.05, 4.69) is 4.72 Å². The number of nitrogens with one attached hydrogen (secondary N) is 1. The van der Waals surface area contributed by atoms with Crippen LogP contribution in [0.25, 0.3) is 0 Å². The maximum Gasteiger partial charge on any atom is 0.250 e. The van der Waals surface area contributed by atoms with Crippen molar-refractivity contribution in [1.29, 1.82) is 0 Å². The number of sulfonamides is 1. The Hall–Kier alpha value is -1.57. The lowest BCUT2D eigenvalue weighted by atomic mass is 10.1. The second-order valence-corrected chi connectivity index (χ2v) is 9.11. The van der Waals surface area contributed by atoms with Crippen molar-refractivity contribution in [2.24, 2.45) is 0 Å². The Balaban J connectivity index is 1.64. The topological polar surface area (TPSA) is 64.6 Å². The van der Waals surface area contributed by atoms with Crippen LogP contribution in [0.3, 0.4) is 0 Å². The summed E-state index contributed by atoms with van der Waals surface area (Å²) in [6.45, 7) is 2.96. The molecule has 2 aliphatic rings. The number of hydrogen-bond donors (Lipinski definition) is 1. The largest absolute Gasteiger partial charge is 0.486 e. The van der Waals surface area contributed by atoms with E-state index in [4.69, 9.17) is 9.47 Å². The Labute approximate surface area is 139 Å². The zero-order chi connectivity index (χ0) is 16.1. The Morgan fingerprint density at radius 2 is 1.83 bits per heavy atom. The van der Waals surface area contributed by atoms with Crippen LogP contribution >= 0.6 is 11.3 Å². The van der Waals surface area contributed by atoms with Crippen LogP contribution in [0.2, 0.25) is 0 Å². The van der Waals surface area contributed by atoms with Crippen LogP contribution in [0.5, 0.6) is 11.5 Å². The van der Waals surface area contributed by atoms with Gasteiger partial charge in [-0.25, -0.2) is 8.42 Å². The number of benzene rings is 1. The summed E-state index contributed by atoms with van der Waals surface area (Å²) < 4.78 is 39.6. The molecule has 0 radical (unpaired) electrons. The molecule has 0 atom stereocenters. The van der Waals surface area contributed by atoms with Gasteiger partial charge in [-0.15, -0.1) is 11.3 Å². The fourth-order valence-electron chi connectivity index (χ4n) is 2.78. The van der Waals surface area contributed by atoms with Crippen LogP contribution in [0.1, 0.15) is 23.3 Å². The predicted molar refractivity (Wildman–Crippen MR) is 87.7 cm³/mol. The molecule has 1 aromatic heterocycles. The van der Waals surface area contributed by atoms with Crippen LogP contribution in [0, 0.1) is 6.92 Å². The molecule has 1 N–H and O–H groups in total. The molecule has 2 aromatic rings. The van der Waals surface area contributed by atoms with Gasteiger partial charge in [-0.1, -0.05) is 6.07 Å². The molecular weight excluding hydrogens is 334 g/mol. The summed E-state index contributed by atoms with van der Waals surface area (Å²) in [6.07, 6.45) is 1.58. The normalized spacial score (nSPS) is 18.7. The molecular formula is C16H17NO4S2. The minimum absolute atomic E-state index is 0.360. The molecule has 0 unspecified atom stereocenters. The van der Waals surface area contributed by atoms with Crippen molar-refractivity contribution in [3.8, 4) is 11.5 Å². The monoisotopic (exact) mass is 351 g/mol. The highest BCUT2D eigenvalue weighted by atomic mass is 32.2. The third-order valence-corrected chi connectivity index (χ3v) is 7.18. The van der Waals surface area contributed by atoms with Crippen molar-refractivity contribution in [2.75, 3.05) is 13.2 Å². The first-order chi connectivity index (χ1) is 11.0. The first kappa shape index (κ1) is 15.0. The summed E-state index contributed by atoms with van der Waals surface area (Å²) in [5.41, 5.74) is 0.408. The highest BCUT2D eigenvalue weighted by Gasteiger charge is 2.48. The van der Waals surface area contributed by atoms with E-state index in [1.54, 1.807) is 6.07 Å². The minimum atomic E-state index is -3.51. The molecule has 7 heteroatoms. The molecule has 0 amide bonds. The fourth-order valence-corrected chi connectivity index (χ4v) is 5.51. The summed E-state index contributed by atoms with van der Waals surface area (Å²) in [5, 5.41) is 0. The average Bonchev–Trinajstić information content (AvgIpc) is 3.16. The molecule has 1 fully saturated rings. The van der Waals surface area contributed by atoms with Crippen molar-refractivity contribution >= 4 is 21.4 Å². The molecule has 1 aromatic carbocycles. The number of hydrogen-bond acceptors (Lipinski definition) is 5. The quantitative estimate of drug-likeness (QED) is 0.920. The van der Waals surface area contributed by atoms with Gasteiger partial charge in [0.2, 0.25) is 0 Å². The SMILES string of the molecule is Cc1ccc(S(=O)(=O)NC2(c3ccc4c(c3)OCCO4)CC2)s1. The molecule has 122 valence electrons. The maximum atomic E-state index is 12.6. The maximum absolute atomic E-state index is 12.6. The molecule has 5 nitrogen and oxygen atoms in total. The number of fused-ring (bicyclic) bond motifs is 1. The van der Waals surface area contributed by atoms with Crippen LogP contribution in [-0.4, -0.2) is 21.6 Å². The van der Waals surface area contributed by atoms with Crippen molar-refractivity contribution in [3.63, 3.8) is 0 Å². The van der Waals surface area contributed by atoms with Crippen LogP contribution in [0.15, 0.2) is 34.5 Å². The zero-order valence-corrected chi connectivity index (χ0v) is 14.3. The highest BCUT2D eigenvalue weighted by Crippen LogP contribution is 2.49. The summed E-state index contributed by atoms with van der Waals surface area (Å²) >= 11 is 1.29. The van der Waals surface area contributed by atoms with Crippen LogP contribution in [-0.2, 0) is 15.6 Å². The Kier molecular flexibility index (Phi) is 3.40. The van der Waals surface area contributed by atoms with Gasteiger partial charge < -0.3 is 9.47 Å². The molecule has 0 saturated heterocycles. The van der Waals surface area contributed by atoms with Gasteiger partial charge in [0, 0.05) is 4.88 Å². The van der Waals surface area contributed by atoms with E-state index in [9.17, 15) is 8.42 Å². The van der Waals surface area contributed by atoms with Gasteiger partial charge in [0.05, 0.1) is 5.54 Å². The van der Waals surface area contributed by atoms with Crippen molar-refractivity contribution in [3.05, 3.63) is 40.8 Å². The zero-order valence-electron chi connectivity index (χ0n) is 12.7. The minimum Gasteiger partial charge on any atom is -0.486 e. The molecule has 1 aliphatic heterocycles. The highest BCUT2D eigenvalue weighted by molar-refractivity contribution is 7.91. The fraction of sp³-hybridized carbons (Fsp3) is 0.375. The summed E-state index contributed by atoms with van der Waals surface area (Å²) in [6, 6.07) is 9.14. The molecule has 4 rings (SSSR count). The van der Waals surface area contributed by atoms with E-state index in [1.807, 2.05) is 31.2 Å². The average molecular weight is 351 g/mol. The third-order valence-electron chi connectivity index (χ3n) is 4.16. The van der Waals surface area contributed by atoms with Gasteiger partial charge in [-0.05, 0) is 49.6 Å². The number of thiophene rings is 1. The van der Waals surface area contributed by atoms with Gasteiger partial charge in [0.25, 0.3) is 10.0 Å². The second-order valence-electron chi connectivity index (χ2n) is 5.91. The molecule has 1 aliphatic carbocycles. The predicted octanol–water partition coefficient (Wildman–Crippen LogP) is 2.80. The lowest BCUT2D eigenvalue weighted by molar-refractivity contribution is 0.171. The first-order valence-corrected chi connectivity index (χ1v) is 9.79. The standard InChI is InChI=1S/C16H17NO4S2/c1-11-2-5-15(22-11)23(18,19)17-16(6-7-16)12-3-4-13-14(10-12)21-9-8-20-13/h2-5,10,17H,6-9H2,1H3. The van der Waals surface area contributed by atoms with E-state index in [-0.39, 0.29) is 0 Å². The van der Waals surface area contributed by atoms with Crippen LogP contribution < -0.4 is 14.2 Å². The Bertz CT molecular complexity index is 853. The first-order valence-electron chi connectivity index (χ1n) is 7.49. The van der Waals surface area contributed by atoms with E-state index < -0.39 is 15.6 Å². The number of rotatable bonds is 4. The van der Waals surface area contributed by atoms with Crippen molar-refractivity contribution in [1.82, 2.24) is 4.72 Å². The molecule has 0 spiro atoms. The molecule has 23 heavy (non-hydrogen) atoms. The van der Waals surface area contributed by atoms with Crippen molar-refractivity contribution < 1.29 is 17.9 Å². The van der Waals surface area contributed by atoms with E-state index >= 15 is 0 Å². The van der Waals surface area contributed by atoms with E-state index in [0.29, 0.717) is 28.9 Å². The van der Waals surface area contributed by atoms with Gasteiger partial charge >= 0.3 is 0 Å². The number of aryl methyl sites for hydroxylation is 1. The van der Waals surface area contributed by atoms with E-state index in [1.165, 1.54) is 11.3 Å². The summed E-state index contributed by atoms with van der Waals surface area (Å²) in [4.78, 5) is 0.981. The van der Waals surface area contributed by atoms with E-state index in [0.717, 1.165) is 23.3 Å². The second kappa shape index (κ2) is 5.22. The van der Waals surface area contributed by atoms with Gasteiger partial charge in [-0.2, -0.15) is 4.72 Å². The molecule has 2 heterocycles. The van der Waals surface area contributed by atoms with Crippen molar-refractivity contribution in [2.45, 2.75) is 29.5 Å². The van der Waals surface area contributed by atoms with Gasteiger partial charge in [0.15, 0.2) is 11.5 Å². The smallest absolute Gasteiger partial charge is 0.250 e. The van der Waals surface area contributed by atoms with Gasteiger partial charge in [-0.3, -0.25) is 0 Å². The van der Waals surface area contributed by atoms with Gasteiger partial charge in [0.1, 0.15) is 17.4 Å². The third kappa shape index (κ3) is 2.73. The summed E-state index contributed by atoms with van der Waals surface area (Å²) in [5.74, 6) is 1.40. The Morgan fingerprint density at radius 3 is 2.48 bits per heavy atom. The lowest BCUT2D eigenvalue weighted by Crippen LogP contribution is -2.34. The Morgan fingerprint density at radius 1 is 1.09 bits per heavy atom. The lowest BCUT2D eigenvalue weighted by Gasteiger charge is -2.22. The number of ether oxygens (including phenoxy) is 2.